The minimum absolute atomic E-state index is 0.0581. The predicted molar refractivity (Wildman–Crippen MR) is 80.3 cm³/mol. The average Bonchev–Trinajstić information content (AvgIpc) is 2.22. The van der Waals surface area contributed by atoms with Crippen LogP contribution in [0, 0.1) is 10.5 Å². The Hall–Kier alpha value is -0.620. The molecule has 4 heteroatoms. The Balaban J connectivity index is 2.56. The number of benzene rings is 1. The Bertz CT molecular complexity index is 393. The third-order valence-electron chi connectivity index (χ3n) is 2.51. The second-order valence-electron chi connectivity index (χ2n) is 4.17. The number of anilines is 1. The molecule has 1 atom stereocenters. The number of halogens is 1. The van der Waals surface area contributed by atoms with Crippen LogP contribution in [0.15, 0.2) is 18.2 Å². The van der Waals surface area contributed by atoms with Gasteiger partial charge in [-0.2, -0.15) is 0 Å². The molecule has 94 valence electrons. The molecule has 0 spiro atoms. The predicted octanol–water partition coefficient (Wildman–Crippen LogP) is 2.93. The summed E-state index contributed by atoms with van der Waals surface area (Å²) >= 11 is 2.26. The first-order valence-electron chi connectivity index (χ1n) is 5.82. The molecular formula is C13H19IN2O. The first-order chi connectivity index (χ1) is 8.02. The van der Waals surface area contributed by atoms with Crippen LogP contribution < -0.4 is 10.6 Å². The van der Waals surface area contributed by atoms with E-state index < -0.39 is 0 Å². The molecule has 0 fully saturated rings. The van der Waals surface area contributed by atoms with E-state index in [1.54, 1.807) is 0 Å². The Kier molecular flexibility index (Phi) is 5.91. The van der Waals surface area contributed by atoms with Crippen LogP contribution in [0.25, 0.3) is 0 Å². The van der Waals surface area contributed by atoms with Gasteiger partial charge in [0.2, 0.25) is 5.91 Å². The normalized spacial score (nSPS) is 12.2. The van der Waals surface area contributed by atoms with E-state index in [1.807, 2.05) is 32.9 Å². The zero-order valence-electron chi connectivity index (χ0n) is 10.5. The SMILES string of the molecule is CCNC(C)CC(=O)Nc1ccc(I)cc1C. The van der Waals surface area contributed by atoms with E-state index in [4.69, 9.17) is 0 Å². The number of aryl methyl sites for hydroxylation is 1. The molecule has 17 heavy (non-hydrogen) atoms. The van der Waals surface area contributed by atoms with Crippen LogP contribution in [-0.2, 0) is 4.79 Å². The van der Waals surface area contributed by atoms with Crippen LogP contribution in [0.4, 0.5) is 5.69 Å². The summed E-state index contributed by atoms with van der Waals surface area (Å²) in [6, 6.07) is 6.22. The monoisotopic (exact) mass is 346 g/mol. The van der Waals surface area contributed by atoms with E-state index in [1.165, 1.54) is 3.57 Å². The number of rotatable bonds is 5. The molecule has 0 aliphatic heterocycles. The molecule has 1 aromatic rings. The van der Waals surface area contributed by atoms with E-state index in [9.17, 15) is 4.79 Å². The highest BCUT2D eigenvalue weighted by molar-refractivity contribution is 14.1. The van der Waals surface area contributed by atoms with Crippen LogP contribution in [0.3, 0.4) is 0 Å². The number of nitrogens with one attached hydrogen (secondary N) is 2. The van der Waals surface area contributed by atoms with Gasteiger partial charge in [0.25, 0.3) is 0 Å². The zero-order chi connectivity index (χ0) is 12.8. The molecule has 3 nitrogen and oxygen atoms in total. The molecule has 1 aromatic carbocycles. The van der Waals surface area contributed by atoms with Crippen molar-refractivity contribution in [2.75, 3.05) is 11.9 Å². The summed E-state index contributed by atoms with van der Waals surface area (Å²) in [5.74, 6) is 0.0581. The maximum absolute atomic E-state index is 11.8. The summed E-state index contributed by atoms with van der Waals surface area (Å²) in [4.78, 5) is 11.8. The Morgan fingerprint density at radius 3 is 2.76 bits per heavy atom. The van der Waals surface area contributed by atoms with E-state index in [0.717, 1.165) is 17.8 Å². The van der Waals surface area contributed by atoms with Gasteiger partial charge in [0.15, 0.2) is 0 Å². The van der Waals surface area contributed by atoms with E-state index in [-0.39, 0.29) is 11.9 Å². The minimum Gasteiger partial charge on any atom is -0.326 e. The van der Waals surface area contributed by atoms with Crippen molar-refractivity contribution in [3.63, 3.8) is 0 Å². The highest BCUT2D eigenvalue weighted by Crippen LogP contribution is 2.17. The van der Waals surface area contributed by atoms with Crippen molar-refractivity contribution in [2.24, 2.45) is 0 Å². The molecule has 0 bridgehead atoms. The molecule has 1 rings (SSSR count). The second kappa shape index (κ2) is 6.96. The van der Waals surface area contributed by atoms with Crippen molar-refractivity contribution >= 4 is 34.2 Å². The summed E-state index contributed by atoms with van der Waals surface area (Å²) in [6.45, 7) is 6.95. The summed E-state index contributed by atoms with van der Waals surface area (Å²) in [6.07, 6.45) is 0.499. The smallest absolute Gasteiger partial charge is 0.225 e. The molecule has 0 aromatic heterocycles. The van der Waals surface area contributed by atoms with Gasteiger partial charge in [0.05, 0.1) is 0 Å². The molecule has 1 unspecified atom stereocenters. The van der Waals surface area contributed by atoms with Crippen LogP contribution in [-0.4, -0.2) is 18.5 Å². The lowest BCUT2D eigenvalue weighted by molar-refractivity contribution is -0.116. The van der Waals surface area contributed by atoms with Gasteiger partial charge in [0.1, 0.15) is 0 Å². The van der Waals surface area contributed by atoms with E-state index in [0.29, 0.717) is 6.42 Å². The molecule has 0 radical (unpaired) electrons. The highest BCUT2D eigenvalue weighted by atomic mass is 127. The van der Waals surface area contributed by atoms with Crippen molar-refractivity contribution in [1.29, 1.82) is 0 Å². The number of hydrogen-bond donors (Lipinski definition) is 2. The van der Waals surface area contributed by atoms with Crippen molar-refractivity contribution < 1.29 is 4.79 Å². The maximum atomic E-state index is 11.8. The van der Waals surface area contributed by atoms with Crippen LogP contribution in [0.1, 0.15) is 25.8 Å². The van der Waals surface area contributed by atoms with Crippen LogP contribution in [0.5, 0.6) is 0 Å². The third kappa shape index (κ3) is 5.04. The zero-order valence-corrected chi connectivity index (χ0v) is 12.7. The Morgan fingerprint density at radius 1 is 1.47 bits per heavy atom. The fourth-order valence-corrected chi connectivity index (χ4v) is 2.31. The Labute approximate surface area is 117 Å². The van der Waals surface area contributed by atoms with Crippen LogP contribution >= 0.6 is 22.6 Å². The van der Waals surface area contributed by atoms with Gasteiger partial charge in [-0.3, -0.25) is 4.79 Å². The first kappa shape index (κ1) is 14.4. The van der Waals surface area contributed by atoms with Gasteiger partial charge >= 0.3 is 0 Å². The molecular weight excluding hydrogens is 327 g/mol. The number of carbonyl (C=O) groups excluding carboxylic acids is 1. The lowest BCUT2D eigenvalue weighted by Crippen LogP contribution is -2.30. The molecule has 0 aliphatic rings. The fourth-order valence-electron chi connectivity index (χ4n) is 1.67. The molecule has 1 amide bonds. The lowest BCUT2D eigenvalue weighted by atomic mass is 10.2. The minimum atomic E-state index is 0.0581. The van der Waals surface area contributed by atoms with Gasteiger partial charge < -0.3 is 10.6 Å². The molecule has 2 N–H and O–H groups in total. The average molecular weight is 346 g/mol. The summed E-state index contributed by atoms with van der Waals surface area (Å²) in [7, 11) is 0. The van der Waals surface area contributed by atoms with E-state index in [2.05, 4.69) is 39.3 Å². The molecule has 0 heterocycles. The third-order valence-corrected chi connectivity index (χ3v) is 3.18. The summed E-state index contributed by atoms with van der Waals surface area (Å²) < 4.78 is 1.18. The van der Waals surface area contributed by atoms with Gasteiger partial charge in [0, 0.05) is 21.7 Å². The van der Waals surface area contributed by atoms with Gasteiger partial charge in [-0.15, -0.1) is 0 Å². The standard InChI is InChI=1S/C13H19IN2O/c1-4-15-10(3)8-13(17)16-12-6-5-11(14)7-9(12)2/h5-7,10,15H,4,8H2,1-3H3,(H,16,17). The topological polar surface area (TPSA) is 41.1 Å². The summed E-state index contributed by atoms with van der Waals surface area (Å²) in [5.41, 5.74) is 2.00. The summed E-state index contributed by atoms with van der Waals surface area (Å²) in [5, 5.41) is 6.17. The quantitative estimate of drug-likeness (QED) is 0.805. The van der Waals surface area contributed by atoms with Gasteiger partial charge in [-0.25, -0.2) is 0 Å². The largest absolute Gasteiger partial charge is 0.326 e. The number of hydrogen-bond acceptors (Lipinski definition) is 2. The van der Waals surface area contributed by atoms with Crippen molar-refractivity contribution in [1.82, 2.24) is 5.32 Å². The maximum Gasteiger partial charge on any atom is 0.225 e. The number of carbonyl (C=O) groups is 1. The fraction of sp³-hybridized carbons (Fsp3) is 0.462. The van der Waals surface area contributed by atoms with Crippen LogP contribution in [0.2, 0.25) is 0 Å². The lowest BCUT2D eigenvalue weighted by Gasteiger charge is -2.13. The Morgan fingerprint density at radius 2 is 2.18 bits per heavy atom. The second-order valence-corrected chi connectivity index (χ2v) is 5.42. The highest BCUT2D eigenvalue weighted by Gasteiger charge is 2.09. The number of amides is 1. The van der Waals surface area contributed by atoms with Crippen molar-refractivity contribution in [3.8, 4) is 0 Å². The van der Waals surface area contributed by atoms with Gasteiger partial charge in [-0.05, 0) is 66.7 Å². The first-order valence-corrected chi connectivity index (χ1v) is 6.90. The van der Waals surface area contributed by atoms with Crippen molar-refractivity contribution in [2.45, 2.75) is 33.2 Å². The van der Waals surface area contributed by atoms with Crippen molar-refractivity contribution in [3.05, 3.63) is 27.3 Å². The molecule has 0 saturated carbocycles. The van der Waals surface area contributed by atoms with Gasteiger partial charge in [-0.1, -0.05) is 6.92 Å². The van der Waals surface area contributed by atoms with E-state index >= 15 is 0 Å². The molecule has 0 saturated heterocycles. The molecule has 0 aliphatic carbocycles.